The first-order valence-electron chi connectivity index (χ1n) is 10.2. The van der Waals surface area contributed by atoms with E-state index in [1.165, 1.54) is 37.9 Å². The Labute approximate surface area is 158 Å². The Kier molecular flexibility index (Phi) is 6.58. The molecule has 2 aliphatic heterocycles. The van der Waals surface area contributed by atoms with Crippen molar-refractivity contribution in [1.29, 1.82) is 0 Å². The van der Waals surface area contributed by atoms with Crippen LogP contribution >= 0.6 is 0 Å². The molecule has 0 radical (unpaired) electrons. The number of benzene rings is 1. The summed E-state index contributed by atoms with van der Waals surface area (Å²) in [6.07, 6.45) is 7.80. The van der Waals surface area contributed by atoms with Gasteiger partial charge in [0.2, 0.25) is 5.91 Å². The van der Waals surface area contributed by atoms with E-state index in [9.17, 15) is 4.79 Å². The monoisotopic (exact) mass is 358 g/mol. The normalized spacial score (nSPS) is 19.6. The molecule has 2 fully saturated rings. The molecule has 0 aliphatic carbocycles. The van der Waals surface area contributed by atoms with Crippen LogP contribution in [0.15, 0.2) is 12.1 Å². The maximum atomic E-state index is 12.6. The van der Waals surface area contributed by atoms with Crippen molar-refractivity contribution in [3.63, 3.8) is 0 Å². The zero-order chi connectivity index (χ0) is 18.5. The van der Waals surface area contributed by atoms with E-state index in [1.807, 2.05) is 0 Å². The van der Waals surface area contributed by atoms with Gasteiger partial charge in [0.15, 0.2) is 0 Å². The molecular weight excluding hydrogens is 324 g/mol. The second-order valence-corrected chi connectivity index (χ2v) is 7.97. The number of methoxy groups -OCH3 is 1. The van der Waals surface area contributed by atoms with Gasteiger partial charge in [0, 0.05) is 25.6 Å². The summed E-state index contributed by atoms with van der Waals surface area (Å²) in [4.78, 5) is 17.4. The van der Waals surface area contributed by atoms with Crippen molar-refractivity contribution in [2.24, 2.45) is 0 Å². The molecule has 3 rings (SSSR count). The molecule has 0 atom stereocenters. The molecule has 0 spiro atoms. The topological polar surface area (TPSA) is 32.8 Å². The van der Waals surface area contributed by atoms with E-state index in [-0.39, 0.29) is 0 Å². The average Bonchev–Trinajstić information content (AvgIpc) is 2.67. The maximum Gasteiger partial charge on any atom is 0.222 e. The van der Waals surface area contributed by atoms with E-state index in [2.05, 4.69) is 35.8 Å². The lowest BCUT2D eigenvalue weighted by Gasteiger charge is -2.40. The van der Waals surface area contributed by atoms with Gasteiger partial charge >= 0.3 is 0 Å². The van der Waals surface area contributed by atoms with E-state index >= 15 is 0 Å². The Hall–Kier alpha value is -1.55. The van der Waals surface area contributed by atoms with Gasteiger partial charge in [-0.3, -0.25) is 4.79 Å². The molecule has 1 amide bonds. The summed E-state index contributed by atoms with van der Waals surface area (Å²) >= 11 is 0. The number of likely N-dealkylation sites (tertiary alicyclic amines) is 2. The zero-order valence-corrected chi connectivity index (χ0v) is 16.7. The Balaban J connectivity index is 1.47. The largest absolute Gasteiger partial charge is 0.496 e. The van der Waals surface area contributed by atoms with Crippen molar-refractivity contribution < 1.29 is 9.53 Å². The summed E-state index contributed by atoms with van der Waals surface area (Å²) in [5.74, 6) is 1.27. The van der Waals surface area contributed by atoms with E-state index in [1.54, 1.807) is 7.11 Å². The Morgan fingerprint density at radius 2 is 1.65 bits per heavy atom. The fourth-order valence-corrected chi connectivity index (χ4v) is 4.68. The minimum atomic E-state index is 0.313. The molecule has 0 unspecified atom stereocenters. The molecular formula is C22H34N2O2. The third-order valence-electron chi connectivity index (χ3n) is 6.08. The Bertz CT molecular complexity index is 592. The van der Waals surface area contributed by atoms with Crippen LogP contribution in [0.3, 0.4) is 0 Å². The lowest BCUT2D eigenvalue weighted by atomic mass is 9.99. The fourth-order valence-electron chi connectivity index (χ4n) is 4.68. The van der Waals surface area contributed by atoms with Gasteiger partial charge in [-0.25, -0.2) is 0 Å². The number of hydrogen-bond acceptors (Lipinski definition) is 3. The minimum Gasteiger partial charge on any atom is -0.496 e. The smallest absolute Gasteiger partial charge is 0.222 e. The molecule has 2 saturated heterocycles. The van der Waals surface area contributed by atoms with Crippen LogP contribution in [0.25, 0.3) is 0 Å². The van der Waals surface area contributed by atoms with Crippen LogP contribution in [0, 0.1) is 13.8 Å². The highest BCUT2D eigenvalue weighted by Gasteiger charge is 2.27. The second kappa shape index (κ2) is 8.90. The summed E-state index contributed by atoms with van der Waals surface area (Å²) < 4.78 is 5.43. The molecule has 0 aromatic heterocycles. The number of amides is 1. The predicted octanol–water partition coefficient (Wildman–Crippen LogP) is 3.72. The van der Waals surface area contributed by atoms with Crippen LogP contribution in [0.2, 0.25) is 0 Å². The summed E-state index contributed by atoms with van der Waals surface area (Å²) in [7, 11) is 1.71. The number of carbonyl (C=O) groups is 1. The third-order valence-corrected chi connectivity index (χ3v) is 6.08. The van der Waals surface area contributed by atoms with Crippen LogP contribution in [0.4, 0.5) is 0 Å². The number of aryl methyl sites for hydroxylation is 3. The molecule has 4 heteroatoms. The van der Waals surface area contributed by atoms with E-state index in [0.717, 1.165) is 49.2 Å². The maximum absolute atomic E-state index is 12.6. The van der Waals surface area contributed by atoms with Gasteiger partial charge in [-0.1, -0.05) is 18.6 Å². The third kappa shape index (κ3) is 4.59. The van der Waals surface area contributed by atoms with Crippen molar-refractivity contribution in [1.82, 2.24) is 9.80 Å². The average molecular weight is 359 g/mol. The number of hydrogen-bond donors (Lipinski definition) is 0. The van der Waals surface area contributed by atoms with Crippen molar-refractivity contribution in [2.45, 2.75) is 64.8 Å². The lowest BCUT2D eigenvalue weighted by molar-refractivity contribution is -0.132. The number of rotatable bonds is 5. The highest BCUT2D eigenvalue weighted by atomic mass is 16.5. The van der Waals surface area contributed by atoms with Crippen molar-refractivity contribution in [2.75, 3.05) is 33.3 Å². The minimum absolute atomic E-state index is 0.313. The lowest BCUT2D eigenvalue weighted by Crippen LogP contribution is -2.48. The van der Waals surface area contributed by atoms with Gasteiger partial charge in [0.25, 0.3) is 0 Å². The quantitative estimate of drug-likeness (QED) is 0.804. The van der Waals surface area contributed by atoms with Gasteiger partial charge in [-0.15, -0.1) is 0 Å². The van der Waals surface area contributed by atoms with Crippen molar-refractivity contribution in [3.8, 4) is 5.75 Å². The summed E-state index contributed by atoms with van der Waals surface area (Å²) in [6.45, 7) is 8.52. The van der Waals surface area contributed by atoms with E-state index in [0.29, 0.717) is 18.4 Å². The van der Waals surface area contributed by atoms with Gasteiger partial charge in [-0.2, -0.15) is 0 Å². The molecule has 0 N–H and O–H groups in total. The standard InChI is InChI=1S/C22H34N2O2/c1-17-15-19(16-18(2)22(17)26-3)7-8-21(25)24-13-9-20(10-14-24)23-11-5-4-6-12-23/h15-16,20H,4-14H2,1-3H3. The predicted molar refractivity (Wildman–Crippen MR) is 106 cm³/mol. The first-order chi connectivity index (χ1) is 12.6. The van der Waals surface area contributed by atoms with Crippen LogP contribution < -0.4 is 4.74 Å². The number of piperidine rings is 2. The van der Waals surface area contributed by atoms with Gasteiger partial charge < -0.3 is 14.5 Å². The zero-order valence-electron chi connectivity index (χ0n) is 16.7. The second-order valence-electron chi connectivity index (χ2n) is 7.97. The molecule has 1 aromatic carbocycles. The molecule has 26 heavy (non-hydrogen) atoms. The summed E-state index contributed by atoms with van der Waals surface area (Å²) in [5.41, 5.74) is 3.53. The summed E-state index contributed by atoms with van der Waals surface area (Å²) in [5, 5.41) is 0. The molecule has 144 valence electrons. The highest BCUT2D eigenvalue weighted by molar-refractivity contribution is 5.76. The van der Waals surface area contributed by atoms with Crippen molar-refractivity contribution in [3.05, 3.63) is 28.8 Å². The van der Waals surface area contributed by atoms with Crippen LogP contribution in [0.1, 0.15) is 55.2 Å². The fraction of sp³-hybridized carbons (Fsp3) is 0.682. The van der Waals surface area contributed by atoms with Gasteiger partial charge in [0.1, 0.15) is 5.75 Å². The SMILES string of the molecule is COc1c(C)cc(CCC(=O)N2CCC(N3CCCCC3)CC2)cc1C. The summed E-state index contributed by atoms with van der Waals surface area (Å²) in [6, 6.07) is 5.01. The van der Waals surface area contributed by atoms with Crippen molar-refractivity contribution >= 4 is 5.91 Å². The van der Waals surface area contributed by atoms with Gasteiger partial charge in [0.05, 0.1) is 7.11 Å². The Morgan fingerprint density at radius 3 is 2.23 bits per heavy atom. The number of carbonyl (C=O) groups excluding carboxylic acids is 1. The number of nitrogens with zero attached hydrogens (tertiary/aromatic N) is 2. The first kappa shape index (κ1) is 19.2. The van der Waals surface area contributed by atoms with Crippen LogP contribution in [0.5, 0.6) is 5.75 Å². The molecule has 2 heterocycles. The molecule has 1 aromatic rings. The molecule has 0 bridgehead atoms. The molecule has 0 saturated carbocycles. The van der Waals surface area contributed by atoms with Gasteiger partial charge in [-0.05, 0) is 75.7 Å². The van der Waals surface area contributed by atoms with Crippen LogP contribution in [-0.4, -0.2) is 55.0 Å². The van der Waals surface area contributed by atoms with E-state index in [4.69, 9.17) is 4.74 Å². The highest BCUT2D eigenvalue weighted by Crippen LogP contribution is 2.25. The first-order valence-corrected chi connectivity index (χ1v) is 10.2. The van der Waals surface area contributed by atoms with Crippen LogP contribution in [-0.2, 0) is 11.2 Å². The Morgan fingerprint density at radius 1 is 1.04 bits per heavy atom. The molecule has 4 nitrogen and oxygen atoms in total. The number of ether oxygens (including phenoxy) is 1. The molecule has 2 aliphatic rings. The van der Waals surface area contributed by atoms with E-state index < -0.39 is 0 Å².